The molecule has 0 radical (unpaired) electrons. The average molecular weight is 519 g/mol. The lowest BCUT2D eigenvalue weighted by Gasteiger charge is -2.34. The van der Waals surface area contributed by atoms with E-state index in [0.29, 0.717) is 29.3 Å². The minimum Gasteiger partial charge on any atom is -0.361 e. The molecule has 0 amide bonds. The summed E-state index contributed by atoms with van der Waals surface area (Å²) in [7, 11) is -5.50. The van der Waals surface area contributed by atoms with E-state index in [2.05, 4.69) is 9.47 Å². The normalized spacial score (nSPS) is 18.7. The van der Waals surface area contributed by atoms with Gasteiger partial charge in [0.2, 0.25) is 0 Å². The van der Waals surface area contributed by atoms with Gasteiger partial charge in [0.05, 0.1) is 12.2 Å². The maximum atomic E-state index is 13.7. The van der Waals surface area contributed by atoms with E-state index in [1.54, 1.807) is 0 Å². The van der Waals surface area contributed by atoms with Gasteiger partial charge in [0, 0.05) is 44.0 Å². The van der Waals surface area contributed by atoms with Crippen molar-refractivity contribution in [3.05, 3.63) is 82.9 Å². The number of rotatable bonds is 6. The molecule has 36 heavy (non-hydrogen) atoms. The van der Waals surface area contributed by atoms with Crippen LogP contribution >= 0.6 is 0 Å². The van der Waals surface area contributed by atoms with Crippen LogP contribution in [0.25, 0.3) is 0 Å². The average Bonchev–Trinajstić information content (AvgIpc) is 3.38. The van der Waals surface area contributed by atoms with Crippen LogP contribution in [-0.4, -0.2) is 40.4 Å². The summed E-state index contributed by atoms with van der Waals surface area (Å²) in [6.07, 6.45) is 5.09. The molecule has 5 rings (SSSR count). The molecule has 3 aromatic rings. The maximum absolute atomic E-state index is 13.7. The third kappa shape index (κ3) is 4.76. The Morgan fingerprint density at radius 3 is 2.58 bits per heavy atom. The van der Waals surface area contributed by atoms with Crippen LogP contribution < -0.4 is 4.90 Å². The minimum atomic E-state index is -5.50. The van der Waals surface area contributed by atoms with Gasteiger partial charge in [0.15, 0.2) is 0 Å². The molecule has 1 aromatic heterocycles. The minimum absolute atomic E-state index is 0.254. The van der Waals surface area contributed by atoms with Crippen LogP contribution in [0.3, 0.4) is 0 Å². The fourth-order valence-electron chi connectivity index (χ4n) is 5.27. The predicted molar refractivity (Wildman–Crippen MR) is 132 cm³/mol. The van der Waals surface area contributed by atoms with E-state index < -0.39 is 21.6 Å². The highest BCUT2D eigenvalue weighted by Crippen LogP contribution is 2.37. The second kappa shape index (κ2) is 9.55. The Hall–Kier alpha value is -2.85. The van der Waals surface area contributed by atoms with Crippen LogP contribution in [0.4, 0.5) is 18.9 Å². The first kappa shape index (κ1) is 24.8. The van der Waals surface area contributed by atoms with Gasteiger partial charge < -0.3 is 9.47 Å². The molecule has 6 nitrogen and oxygen atoms in total. The number of alkyl halides is 3. The van der Waals surface area contributed by atoms with Crippen molar-refractivity contribution in [1.29, 1.82) is 0 Å². The lowest BCUT2D eigenvalue weighted by atomic mass is 10.0. The molecule has 0 saturated carbocycles. The van der Waals surface area contributed by atoms with Gasteiger partial charge in [-0.05, 0) is 48.9 Å². The lowest BCUT2D eigenvalue weighted by Crippen LogP contribution is -2.47. The van der Waals surface area contributed by atoms with Crippen LogP contribution in [0.2, 0.25) is 0 Å². The van der Waals surface area contributed by atoms with E-state index >= 15 is 0 Å². The highest BCUT2D eigenvalue weighted by Gasteiger charge is 2.51. The van der Waals surface area contributed by atoms with Crippen molar-refractivity contribution in [3.63, 3.8) is 0 Å². The number of aryl methyl sites for hydroxylation is 4. The van der Waals surface area contributed by atoms with Crippen LogP contribution in [0.5, 0.6) is 0 Å². The molecule has 0 spiro atoms. The summed E-state index contributed by atoms with van der Waals surface area (Å²) in [5.74, 6) is 1.02. The summed E-state index contributed by atoms with van der Waals surface area (Å²) in [5, 5.41) is 0. The molecule has 0 saturated heterocycles. The number of aromatic nitrogens is 2. The van der Waals surface area contributed by atoms with Gasteiger partial charge in [-0.1, -0.05) is 42.5 Å². The first-order valence-electron chi connectivity index (χ1n) is 12.1. The number of nitrogens with zero attached hydrogens (tertiary/aromatic N) is 4. The van der Waals surface area contributed by atoms with Gasteiger partial charge in [-0.3, -0.25) is 0 Å². The number of halogens is 3. The molecule has 0 unspecified atom stereocenters. The number of benzene rings is 2. The van der Waals surface area contributed by atoms with E-state index in [9.17, 15) is 21.6 Å². The van der Waals surface area contributed by atoms with Crippen molar-refractivity contribution in [2.24, 2.45) is 0 Å². The molecule has 0 fully saturated rings. The van der Waals surface area contributed by atoms with Crippen LogP contribution in [0, 0.1) is 6.92 Å². The van der Waals surface area contributed by atoms with Gasteiger partial charge in [0.25, 0.3) is 0 Å². The Bertz CT molecular complexity index is 1320. The zero-order valence-corrected chi connectivity index (χ0v) is 20.9. The molecule has 1 atom stereocenters. The summed E-state index contributed by atoms with van der Waals surface area (Å²) < 4.78 is 69.1. The van der Waals surface area contributed by atoms with Crippen molar-refractivity contribution in [1.82, 2.24) is 13.9 Å². The monoisotopic (exact) mass is 518 g/mol. The number of anilines is 1. The smallest absolute Gasteiger partial charge is 0.361 e. The Morgan fingerprint density at radius 2 is 1.86 bits per heavy atom. The molecule has 2 aromatic carbocycles. The van der Waals surface area contributed by atoms with Crippen molar-refractivity contribution < 1.29 is 21.6 Å². The summed E-state index contributed by atoms with van der Waals surface area (Å²) in [6, 6.07) is 14.8. The van der Waals surface area contributed by atoms with Crippen molar-refractivity contribution >= 4 is 15.7 Å². The molecule has 0 N–H and O–H groups in total. The van der Waals surface area contributed by atoms with Crippen LogP contribution in [-0.2, 0) is 42.5 Å². The standard InChI is InChI=1S/C26H29F3N4O2S/c1-19-7-5-10-24-23(19)18-32(36(34,35)26(27,28)29)17-22(13-12-20-8-3-2-4-9-20)33(24)16-21-15-31-14-6-11-25(31)30-21/h2-5,7-10,15,22H,6,11-14,16-18H2,1H3/t22-/m1/s1. The maximum Gasteiger partial charge on any atom is 0.511 e. The fourth-order valence-corrected chi connectivity index (χ4v) is 6.23. The van der Waals surface area contributed by atoms with E-state index in [0.717, 1.165) is 47.7 Å². The third-order valence-electron chi connectivity index (χ3n) is 7.17. The lowest BCUT2D eigenvalue weighted by molar-refractivity contribution is -0.0492. The van der Waals surface area contributed by atoms with E-state index in [1.165, 1.54) is 0 Å². The Labute approximate surface area is 209 Å². The summed E-state index contributed by atoms with van der Waals surface area (Å²) in [5.41, 5.74) is -1.35. The largest absolute Gasteiger partial charge is 0.511 e. The van der Waals surface area contributed by atoms with E-state index in [4.69, 9.17) is 4.98 Å². The molecule has 0 aliphatic carbocycles. The van der Waals surface area contributed by atoms with Crippen molar-refractivity contribution in [3.8, 4) is 0 Å². The summed E-state index contributed by atoms with van der Waals surface area (Å²) in [6.45, 7) is 2.55. The molecule has 2 aliphatic heterocycles. The molecule has 3 heterocycles. The number of hydrogen-bond acceptors (Lipinski definition) is 4. The molecule has 192 valence electrons. The van der Waals surface area contributed by atoms with E-state index in [1.807, 2.05) is 61.7 Å². The Balaban J connectivity index is 1.56. The van der Waals surface area contributed by atoms with Crippen LogP contribution in [0.15, 0.2) is 54.7 Å². The molecule has 10 heteroatoms. The third-order valence-corrected chi connectivity index (χ3v) is 8.71. The van der Waals surface area contributed by atoms with Gasteiger partial charge >= 0.3 is 15.5 Å². The van der Waals surface area contributed by atoms with Gasteiger partial charge in [0.1, 0.15) is 5.82 Å². The highest BCUT2D eigenvalue weighted by molar-refractivity contribution is 7.89. The molecular formula is C26H29F3N4O2S. The molecule has 2 aliphatic rings. The molecular weight excluding hydrogens is 489 g/mol. The Morgan fingerprint density at radius 1 is 1.08 bits per heavy atom. The Kier molecular flexibility index (Phi) is 6.59. The van der Waals surface area contributed by atoms with Gasteiger partial charge in [-0.15, -0.1) is 0 Å². The van der Waals surface area contributed by atoms with Crippen molar-refractivity contribution in [2.45, 2.75) is 63.8 Å². The topological polar surface area (TPSA) is 58.4 Å². The first-order chi connectivity index (χ1) is 17.1. The van der Waals surface area contributed by atoms with E-state index in [-0.39, 0.29) is 13.1 Å². The number of sulfonamides is 1. The zero-order chi connectivity index (χ0) is 25.5. The first-order valence-corrected chi connectivity index (χ1v) is 13.6. The molecule has 0 bridgehead atoms. The predicted octanol–water partition coefficient (Wildman–Crippen LogP) is 4.81. The SMILES string of the molecule is Cc1cccc2c1CN(S(=O)(=O)C(F)(F)F)C[C@@H](CCc1ccccc1)N2Cc1cn2c(n1)CCC2. The quantitative estimate of drug-likeness (QED) is 0.470. The van der Waals surface area contributed by atoms with Crippen molar-refractivity contribution in [2.75, 3.05) is 11.4 Å². The highest BCUT2D eigenvalue weighted by atomic mass is 32.2. The summed E-state index contributed by atoms with van der Waals surface area (Å²) >= 11 is 0. The number of hydrogen-bond donors (Lipinski definition) is 0. The fraction of sp³-hybridized carbons (Fsp3) is 0.423. The number of imidazole rings is 1. The number of fused-ring (bicyclic) bond motifs is 2. The van der Waals surface area contributed by atoms with Gasteiger partial charge in [-0.2, -0.15) is 17.5 Å². The summed E-state index contributed by atoms with van der Waals surface area (Å²) in [4.78, 5) is 6.84. The zero-order valence-electron chi connectivity index (χ0n) is 20.1. The second-order valence-electron chi connectivity index (χ2n) is 9.57. The second-order valence-corrected chi connectivity index (χ2v) is 11.5. The van der Waals surface area contributed by atoms with Gasteiger partial charge in [-0.25, -0.2) is 13.4 Å². The van der Waals surface area contributed by atoms with Crippen LogP contribution in [0.1, 0.15) is 41.1 Å².